The summed E-state index contributed by atoms with van der Waals surface area (Å²) in [6, 6.07) is 17.0. The molecule has 7 heteroatoms. The fourth-order valence-electron chi connectivity index (χ4n) is 2.75. The number of benzene rings is 2. The number of nitrogen functional groups attached to an aromatic ring is 1. The molecule has 0 aliphatic carbocycles. The maximum absolute atomic E-state index is 11.4. The standard InChI is InChI=1S/C19H14N4O3/c1-26-18-9-5-3-7-13(18)16-10-14(15(11-20)19(21)22-16)12-6-2-4-8-17(12)23(24)25/h2-10H,1H3,(H2,21,22). The van der Waals surface area contributed by atoms with Crippen molar-refractivity contribution in [3.63, 3.8) is 0 Å². The highest BCUT2D eigenvalue weighted by atomic mass is 16.6. The number of nitrogens with two attached hydrogens (primary N) is 1. The molecule has 0 bridgehead atoms. The lowest BCUT2D eigenvalue weighted by molar-refractivity contribution is -0.384. The second kappa shape index (κ2) is 6.91. The van der Waals surface area contributed by atoms with E-state index in [0.29, 0.717) is 28.1 Å². The molecule has 0 aliphatic rings. The number of nitrogens with zero attached hydrogens (tertiary/aromatic N) is 3. The Labute approximate surface area is 149 Å². The van der Waals surface area contributed by atoms with Gasteiger partial charge in [0.1, 0.15) is 23.2 Å². The van der Waals surface area contributed by atoms with Crippen LogP contribution in [0.5, 0.6) is 5.75 Å². The molecule has 3 rings (SSSR count). The molecule has 128 valence electrons. The average molecular weight is 346 g/mol. The minimum atomic E-state index is -0.490. The Morgan fingerprint density at radius 2 is 1.77 bits per heavy atom. The van der Waals surface area contributed by atoms with Crippen molar-refractivity contribution in [3.8, 4) is 34.2 Å². The molecule has 26 heavy (non-hydrogen) atoms. The predicted molar refractivity (Wildman–Crippen MR) is 97.4 cm³/mol. The molecule has 1 heterocycles. The van der Waals surface area contributed by atoms with Crippen LogP contribution in [-0.2, 0) is 0 Å². The van der Waals surface area contributed by atoms with Gasteiger partial charge in [0.2, 0.25) is 0 Å². The Balaban J connectivity index is 2.32. The van der Waals surface area contributed by atoms with Gasteiger partial charge in [0.05, 0.1) is 23.3 Å². The van der Waals surface area contributed by atoms with E-state index in [0.717, 1.165) is 0 Å². The summed E-state index contributed by atoms with van der Waals surface area (Å²) in [4.78, 5) is 15.2. The lowest BCUT2D eigenvalue weighted by atomic mass is 9.97. The van der Waals surface area contributed by atoms with Crippen LogP contribution in [0.15, 0.2) is 54.6 Å². The fraction of sp³-hybridized carbons (Fsp3) is 0.0526. The molecule has 7 nitrogen and oxygen atoms in total. The van der Waals surface area contributed by atoms with Crippen LogP contribution < -0.4 is 10.5 Å². The molecule has 2 N–H and O–H groups in total. The van der Waals surface area contributed by atoms with Gasteiger partial charge in [0.25, 0.3) is 5.69 Å². The first kappa shape index (κ1) is 16.9. The second-order valence-corrected chi connectivity index (χ2v) is 5.40. The molecule has 0 saturated carbocycles. The first-order valence-corrected chi connectivity index (χ1v) is 7.64. The minimum Gasteiger partial charge on any atom is -0.496 e. The van der Waals surface area contributed by atoms with E-state index in [4.69, 9.17) is 10.5 Å². The Morgan fingerprint density at radius 3 is 2.42 bits per heavy atom. The van der Waals surface area contributed by atoms with Gasteiger partial charge in [-0.25, -0.2) is 4.98 Å². The lowest BCUT2D eigenvalue weighted by Gasteiger charge is -2.12. The number of para-hydroxylation sites is 2. The third-order valence-electron chi connectivity index (χ3n) is 3.93. The molecule has 0 saturated heterocycles. The van der Waals surface area contributed by atoms with Gasteiger partial charge in [-0.05, 0) is 24.3 Å². The zero-order chi connectivity index (χ0) is 18.7. The number of anilines is 1. The van der Waals surface area contributed by atoms with Crippen LogP contribution in [0.4, 0.5) is 11.5 Å². The highest BCUT2D eigenvalue weighted by molar-refractivity contribution is 5.85. The van der Waals surface area contributed by atoms with Crippen LogP contribution in [0.3, 0.4) is 0 Å². The molecule has 0 unspecified atom stereocenters. The zero-order valence-corrected chi connectivity index (χ0v) is 13.8. The van der Waals surface area contributed by atoms with Crippen molar-refractivity contribution in [2.75, 3.05) is 12.8 Å². The molecule has 0 amide bonds. The number of rotatable bonds is 4. The van der Waals surface area contributed by atoms with Crippen molar-refractivity contribution in [2.45, 2.75) is 0 Å². The van der Waals surface area contributed by atoms with E-state index < -0.39 is 4.92 Å². The first-order valence-electron chi connectivity index (χ1n) is 7.64. The van der Waals surface area contributed by atoms with E-state index >= 15 is 0 Å². The highest BCUT2D eigenvalue weighted by Crippen LogP contribution is 2.37. The maximum Gasteiger partial charge on any atom is 0.277 e. The molecule has 0 spiro atoms. The summed E-state index contributed by atoms with van der Waals surface area (Å²) in [6.45, 7) is 0. The number of hydrogen-bond acceptors (Lipinski definition) is 6. The van der Waals surface area contributed by atoms with Crippen molar-refractivity contribution in [1.29, 1.82) is 5.26 Å². The number of nitro benzene ring substituents is 1. The second-order valence-electron chi connectivity index (χ2n) is 5.40. The number of methoxy groups -OCH3 is 1. The molecular weight excluding hydrogens is 332 g/mol. The molecule has 0 fully saturated rings. The Kier molecular flexibility index (Phi) is 4.50. The molecular formula is C19H14N4O3. The van der Waals surface area contributed by atoms with Crippen LogP contribution in [0.1, 0.15) is 5.56 Å². The fourth-order valence-corrected chi connectivity index (χ4v) is 2.75. The topological polar surface area (TPSA) is 115 Å². The van der Waals surface area contributed by atoms with Gasteiger partial charge in [0.15, 0.2) is 0 Å². The summed E-state index contributed by atoms with van der Waals surface area (Å²) >= 11 is 0. The predicted octanol–water partition coefficient (Wildman–Crippen LogP) is 3.79. The smallest absolute Gasteiger partial charge is 0.277 e. The van der Waals surface area contributed by atoms with Gasteiger partial charge in [-0.2, -0.15) is 5.26 Å². The minimum absolute atomic E-state index is 0.00376. The summed E-state index contributed by atoms with van der Waals surface area (Å²) < 4.78 is 5.35. The van der Waals surface area contributed by atoms with Gasteiger partial charge in [-0.1, -0.05) is 24.3 Å². The van der Waals surface area contributed by atoms with Crippen molar-refractivity contribution in [2.24, 2.45) is 0 Å². The van der Waals surface area contributed by atoms with Gasteiger partial charge < -0.3 is 10.5 Å². The summed E-state index contributed by atoms with van der Waals surface area (Å²) in [5, 5.41) is 20.9. The number of pyridine rings is 1. The summed E-state index contributed by atoms with van der Waals surface area (Å²) in [7, 11) is 1.54. The number of nitriles is 1. The SMILES string of the molecule is COc1ccccc1-c1cc(-c2ccccc2[N+](=O)[O-])c(C#N)c(N)n1. The average Bonchev–Trinajstić information content (AvgIpc) is 2.67. The number of ether oxygens (including phenoxy) is 1. The van der Waals surface area contributed by atoms with Crippen LogP contribution in [0.25, 0.3) is 22.4 Å². The van der Waals surface area contributed by atoms with E-state index in [1.54, 1.807) is 36.4 Å². The van der Waals surface area contributed by atoms with Gasteiger partial charge >= 0.3 is 0 Å². The van der Waals surface area contributed by atoms with Crippen LogP contribution >= 0.6 is 0 Å². The molecule has 3 aromatic rings. The van der Waals surface area contributed by atoms with Gasteiger partial charge in [-0.15, -0.1) is 0 Å². The van der Waals surface area contributed by atoms with E-state index in [1.165, 1.54) is 13.2 Å². The zero-order valence-electron chi connectivity index (χ0n) is 13.8. The number of hydrogen-bond donors (Lipinski definition) is 1. The van der Waals surface area contributed by atoms with Crippen molar-refractivity contribution < 1.29 is 9.66 Å². The van der Waals surface area contributed by atoms with E-state index in [2.05, 4.69) is 4.98 Å². The van der Waals surface area contributed by atoms with E-state index in [9.17, 15) is 15.4 Å². The summed E-state index contributed by atoms with van der Waals surface area (Å²) in [5.41, 5.74) is 7.76. The first-order chi connectivity index (χ1) is 12.6. The van der Waals surface area contributed by atoms with E-state index in [-0.39, 0.29) is 17.1 Å². The molecule has 0 radical (unpaired) electrons. The summed E-state index contributed by atoms with van der Waals surface area (Å²) in [6.07, 6.45) is 0. The van der Waals surface area contributed by atoms with Crippen molar-refractivity contribution in [1.82, 2.24) is 4.98 Å². The normalized spacial score (nSPS) is 10.2. The Bertz CT molecular complexity index is 1040. The lowest BCUT2D eigenvalue weighted by Crippen LogP contribution is -2.01. The number of nitro groups is 1. The summed E-state index contributed by atoms with van der Waals surface area (Å²) in [5.74, 6) is 0.585. The Morgan fingerprint density at radius 1 is 1.12 bits per heavy atom. The molecule has 2 aromatic carbocycles. The third-order valence-corrected chi connectivity index (χ3v) is 3.93. The monoisotopic (exact) mass is 346 g/mol. The van der Waals surface area contributed by atoms with Crippen molar-refractivity contribution >= 4 is 11.5 Å². The highest BCUT2D eigenvalue weighted by Gasteiger charge is 2.21. The number of aromatic nitrogens is 1. The quantitative estimate of drug-likeness (QED) is 0.567. The van der Waals surface area contributed by atoms with Crippen LogP contribution in [0.2, 0.25) is 0 Å². The molecule has 1 aromatic heterocycles. The van der Waals surface area contributed by atoms with Gasteiger partial charge in [0, 0.05) is 17.2 Å². The van der Waals surface area contributed by atoms with Crippen LogP contribution in [-0.4, -0.2) is 17.0 Å². The van der Waals surface area contributed by atoms with E-state index in [1.807, 2.05) is 18.2 Å². The molecule has 0 aliphatic heterocycles. The molecule has 0 atom stereocenters. The largest absolute Gasteiger partial charge is 0.496 e. The van der Waals surface area contributed by atoms with Crippen molar-refractivity contribution in [3.05, 3.63) is 70.3 Å². The third kappa shape index (κ3) is 2.91. The maximum atomic E-state index is 11.4. The van der Waals surface area contributed by atoms with Crippen LogP contribution in [0, 0.1) is 21.4 Å². The Hall–Kier alpha value is -3.92. The van der Waals surface area contributed by atoms with Gasteiger partial charge in [-0.3, -0.25) is 10.1 Å².